The van der Waals surface area contributed by atoms with Crippen LogP contribution in [-0.2, 0) is 16.1 Å². The first kappa shape index (κ1) is 21.1. The van der Waals surface area contributed by atoms with Crippen LogP contribution in [0.5, 0.6) is 0 Å². The van der Waals surface area contributed by atoms with Crippen molar-refractivity contribution in [2.24, 2.45) is 5.92 Å². The number of ether oxygens (including phenoxy) is 1. The lowest BCUT2D eigenvalue weighted by atomic mass is 9.86. The van der Waals surface area contributed by atoms with Crippen molar-refractivity contribution in [3.63, 3.8) is 0 Å². The largest absolute Gasteiger partial charge is 0.469 e. The Morgan fingerprint density at radius 2 is 1.55 bits per heavy atom. The summed E-state index contributed by atoms with van der Waals surface area (Å²) >= 11 is 0. The second kappa shape index (κ2) is 9.31. The smallest absolute Gasteiger partial charge is 0.308 e. The van der Waals surface area contributed by atoms with E-state index in [0.29, 0.717) is 5.56 Å². The normalized spacial score (nSPS) is 18.5. The fraction of sp³-hybridized carbons (Fsp3) is 0.308. The summed E-state index contributed by atoms with van der Waals surface area (Å²) < 4.78 is 4.83. The maximum Gasteiger partial charge on any atom is 0.308 e. The van der Waals surface area contributed by atoms with Crippen molar-refractivity contribution in [1.82, 2.24) is 5.32 Å². The van der Waals surface area contributed by atoms with Crippen molar-refractivity contribution < 1.29 is 19.4 Å². The number of carbonyl (C=O) groups excluding carboxylic acids is 2. The van der Waals surface area contributed by atoms with E-state index in [2.05, 4.69) is 11.4 Å². The van der Waals surface area contributed by atoms with Crippen LogP contribution in [0.25, 0.3) is 21.9 Å². The maximum atomic E-state index is 12.8. The summed E-state index contributed by atoms with van der Waals surface area (Å²) in [6.07, 6.45) is 3.07. The van der Waals surface area contributed by atoms with Gasteiger partial charge in [-0.05, 0) is 71.3 Å². The van der Waals surface area contributed by atoms with Gasteiger partial charge in [-0.3, -0.25) is 9.59 Å². The summed E-state index contributed by atoms with van der Waals surface area (Å²) in [4.78, 5) is 24.4. The highest BCUT2D eigenvalue weighted by atomic mass is 16.5. The van der Waals surface area contributed by atoms with Crippen molar-refractivity contribution in [1.29, 1.82) is 0 Å². The third-order valence-electron chi connectivity index (χ3n) is 6.17. The average molecular weight is 418 g/mol. The van der Waals surface area contributed by atoms with Gasteiger partial charge in [0.05, 0.1) is 19.6 Å². The number of methoxy groups -OCH3 is 1. The van der Waals surface area contributed by atoms with Crippen LogP contribution in [0.15, 0.2) is 60.7 Å². The molecule has 1 saturated carbocycles. The number of fused-ring (bicyclic) bond motifs is 1. The Morgan fingerprint density at radius 3 is 2.23 bits per heavy atom. The van der Waals surface area contributed by atoms with Crippen molar-refractivity contribution in [3.8, 4) is 11.1 Å². The van der Waals surface area contributed by atoms with Gasteiger partial charge in [-0.1, -0.05) is 42.5 Å². The quantitative estimate of drug-likeness (QED) is 0.601. The number of rotatable bonds is 5. The first-order chi connectivity index (χ1) is 15.1. The van der Waals surface area contributed by atoms with Crippen LogP contribution in [0.4, 0.5) is 0 Å². The van der Waals surface area contributed by atoms with Crippen molar-refractivity contribution >= 4 is 22.6 Å². The summed E-state index contributed by atoms with van der Waals surface area (Å²) in [6, 6.07) is 19.9. The highest BCUT2D eigenvalue weighted by molar-refractivity contribution is 5.99. The third kappa shape index (κ3) is 4.78. The number of aliphatic hydroxyl groups excluding tert-OH is 1. The number of carbonyl (C=O) groups is 2. The minimum Gasteiger partial charge on any atom is -0.469 e. The molecule has 31 heavy (non-hydrogen) atoms. The lowest BCUT2D eigenvalue weighted by Gasteiger charge is -2.27. The van der Waals surface area contributed by atoms with E-state index in [-0.39, 0.29) is 30.4 Å². The Hall–Kier alpha value is -3.18. The van der Waals surface area contributed by atoms with Gasteiger partial charge in [-0.2, -0.15) is 0 Å². The lowest BCUT2D eigenvalue weighted by molar-refractivity contribution is -0.146. The predicted octanol–water partition coefficient (Wildman–Crippen LogP) is 4.46. The number of esters is 1. The van der Waals surface area contributed by atoms with E-state index in [9.17, 15) is 14.7 Å². The zero-order valence-electron chi connectivity index (χ0n) is 17.6. The Morgan fingerprint density at radius 1 is 0.903 bits per heavy atom. The van der Waals surface area contributed by atoms with Gasteiger partial charge in [0.25, 0.3) is 5.91 Å². The second-order valence-electron chi connectivity index (χ2n) is 8.18. The predicted molar refractivity (Wildman–Crippen MR) is 121 cm³/mol. The summed E-state index contributed by atoms with van der Waals surface area (Å²) in [5.74, 6) is -0.275. The Labute approximate surface area is 182 Å². The van der Waals surface area contributed by atoms with E-state index in [4.69, 9.17) is 4.74 Å². The van der Waals surface area contributed by atoms with Gasteiger partial charge in [0.2, 0.25) is 0 Å². The highest BCUT2D eigenvalue weighted by Crippen LogP contribution is 2.27. The van der Waals surface area contributed by atoms with E-state index in [0.717, 1.165) is 53.1 Å². The van der Waals surface area contributed by atoms with Gasteiger partial charge in [0.1, 0.15) is 0 Å². The summed E-state index contributed by atoms with van der Waals surface area (Å²) in [5, 5.41) is 14.4. The zero-order valence-corrected chi connectivity index (χ0v) is 17.6. The van der Waals surface area contributed by atoms with Crippen LogP contribution >= 0.6 is 0 Å². The first-order valence-corrected chi connectivity index (χ1v) is 10.7. The van der Waals surface area contributed by atoms with Gasteiger partial charge in [0.15, 0.2) is 0 Å². The molecule has 1 amide bonds. The molecule has 2 N–H and O–H groups in total. The highest BCUT2D eigenvalue weighted by Gasteiger charge is 2.27. The fourth-order valence-electron chi connectivity index (χ4n) is 4.28. The molecule has 5 nitrogen and oxygen atoms in total. The molecular formula is C26H27NO4. The van der Waals surface area contributed by atoms with Crippen LogP contribution in [0.3, 0.4) is 0 Å². The summed E-state index contributed by atoms with van der Waals surface area (Å²) in [5.41, 5.74) is 3.71. The average Bonchev–Trinajstić information content (AvgIpc) is 2.83. The van der Waals surface area contributed by atoms with Crippen LogP contribution in [-0.4, -0.2) is 30.1 Å². The number of nitrogens with one attached hydrogen (secondary N) is 1. The molecule has 0 aliphatic heterocycles. The topological polar surface area (TPSA) is 75.6 Å². The zero-order chi connectivity index (χ0) is 21.8. The molecule has 0 saturated heterocycles. The van der Waals surface area contributed by atoms with Gasteiger partial charge in [0, 0.05) is 11.6 Å². The van der Waals surface area contributed by atoms with Crippen LogP contribution in [0.1, 0.15) is 41.6 Å². The molecule has 5 heteroatoms. The maximum absolute atomic E-state index is 12.8. The Kier molecular flexibility index (Phi) is 6.33. The molecule has 3 aromatic rings. The molecule has 0 bridgehead atoms. The number of benzene rings is 3. The van der Waals surface area contributed by atoms with E-state index in [1.807, 2.05) is 54.6 Å². The first-order valence-electron chi connectivity index (χ1n) is 10.7. The number of hydrogen-bond donors (Lipinski definition) is 2. The van der Waals surface area contributed by atoms with Crippen LogP contribution in [0.2, 0.25) is 0 Å². The molecule has 4 rings (SSSR count). The molecule has 1 fully saturated rings. The molecule has 0 unspecified atom stereocenters. The van der Waals surface area contributed by atoms with Crippen LogP contribution in [0, 0.1) is 5.92 Å². The molecule has 0 heterocycles. The van der Waals surface area contributed by atoms with Crippen molar-refractivity contribution in [3.05, 3.63) is 71.8 Å². The molecule has 1 aliphatic rings. The van der Waals surface area contributed by atoms with Crippen LogP contribution < -0.4 is 5.32 Å². The van der Waals surface area contributed by atoms with E-state index in [1.54, 1.807) is 0 Å². The van der Waals surface area contributed by atoms with E-state index < -0.39 is 0 Å². The van der Waals surface area contributed by atoms with Crippen molar-refractivity contribution in [2.45, 2.75) is 38.3 Å². The number of amides is 1. The van der Waals surface area contributed by atoms with Gasteiger partial charge in [-0.25, -0.2) is 0 Å². The minimum atomic E-state index is -0.150. The molecule has 3 aromatic carbocycles. The fourth-order valence-corrected chi connectivity index (χ4v) is 4.28. The number of aliphatic hydroxyl groups is 1. The lowest BCUT2D eigenvalue weighted by Crippen LogP contribution is -2.38. The molecule has 0 spiro atoms. The summed E-state index contributed by atoms with van der Waals surface area (Å²) in [6.45, 7) is 0.0373. The Bertz CT molecular complexity index is 1080. The molecular weight excluding hydrogens is 390 g/mol. The van der Waals surface area contributed by atoms with E-state index >= 15 is 0 Å². The standard InChI is InChI=1S/C26H27NO4/c1-31-26(30)19-10-12-24(13-11-19)27-25(29)23-9-8-21-14-20(6-7-22(21)15-23)18-4-2-17(16-28)3-5-18/h2-9,14-15,19,24,28H,10-13,16H2,1H3,(H,27,29). The van der Waals surface area contributed by atoms with Gasteiger partial charge in [-0.15, -0.1) is 0 Å². The molecule has 1 aliphatic carbocycles. The second-order valence-corrected chi connectivity index (χ2v) is 8.18. The SMILES string of the molecule is COC(=O)C1CCC(NC(=O)c2ccc3cc(-c4ccc(CO)cc4)ccc3c2)CC1. The minimum absolute atomic E-state index is 0.0373. The Balaban J connectivity index is 1.44. The monoisotopic (exact) mass is 417 g/mol. The third-order valence-corrected chi connectivity index (χ3v) is 6.17. The van der Waals surface area contributed by atoms with Crippen molar-refractivity contribution in [2.75, 3.05) is 7.11 Å². The van der Waals surface area contributed by atoms with E-state index in [1.165, 1.54) is 7.11 Å². The van der Waals surface area contributed by atoms with Gasteiger partial charge >= 0.3 is 5.97 Å². The molecule has 0 aromatic heterocycles. The summed E-state index contributed by atoms with van der Waals surface area (Å²) in [7, 11) is 1.42. The molecule has 0 atom stereocenters. The molecule has 0 radical (unpaired) electrons. The molecule has 160 valence electrons. The number of hydrogen-bond acceptors (Lipinski definition) is 4. The van der Waals surface area contributed by atoms with Gasteiger partial charge < -0.3 is 15.2 Å².